The number of benzene rings is 1. The summed E-state index contributed by atoms with van der Waals surface area (Å²) < 4.78 is 0. The maximum absolute atomic E-state index is 10.3. The molecule has 0 amide bonds. The Balaban J connectivity index is -0.000000227. The van der Waals surface area contributed by atoms with Gasteiger partial charge < -0.3 is 89.7 Å². The Morgan fingerprint density at radius 1 is 0.565 bits per heavy atom. The molecule has 32 heteroatoms. The Bertz CT molecular complexity index is 1860. The number of hydrogen-bond acceptors (Lipinski definition) is 20. The Labute approximate surface area is 389 Å². The standard InChI is InChI=1S/C7H7NO2.2C6H9N3O2.C5H5N.2C4H7NO4.2C2H5NO2.CH2O2/c8-6-4-2-1-3-5(6)7(9)10;2*7-5(6(10)11)1-4-2-8-3-9-4;1-2-4-6-5-3-1;2*6-3(7)1-5-2-4(8)9;2*3-1-2(4)5;2-1-3/h1-4H,8H2,(H,9,10);2*2-3,5H,1,7H2,(H,8,9)(H,10,11);1-5H;2*5H,1-2H2,(H,6,7)(H,8,9);2*1,3H2,(H,4,5);1H,(H,2,3). The summed E-state index contributed by atoms with van der Waals surface area (Å²) in [6.07, 6.45) is 10.3. The van der Waals surface area contributed by atoms with Crippen molar-refractivity contribution in [3.05, 3.63) is 96.9 Å². The van der Waals surface area contributed by atoms with Gasteiger partial charge in [0.05, 0.1) is 68.9 Å². The highest BCUT2D eigenvalue weighted by molar-refractivity contribution is 5.93. The minimum absolute atomic E-state index is 0.155. The van der Waals surface area contributed by atoms with E-state index in [1.54, 1.807) is 43.0 Å². The molecule has 3 aromatic heterocycles. The van der Waals surface area contributed by atoms with Gasteiger partial charge in [0.15, 0.2) is 0 Å². The largest absolute Gasteiger partial charge is 0.483 e. The average molecular weight is 989 g/mol. The Hall–Kier alpha value is -8.95. The summed E-state index contributed by atoms with van der Waals surface area (Å²) in [6, 6.07) is 10.4. The third kappa shape index (κ3) is 57.0. The number of H-pyrrole nitrogens is 2. The zero-order valence-corrected chi connectivity index (χ0v) is 36.2. The maximum Gasteiger partial charge on any atom is 0.337 e. The second-order valence-electron chi connectivity index (χ2n) is 11.4. The first kappa shape index (κ1) is 69.1. The SMILES string of the molecule is NC(Cc1c[nH]cn1)C(=O)O.NC(Cc1c[nH]cn1)C(=O)O.NCC(=O)O.NCC(=O)O.Nc1ccccc1C(=O)O.O=C(O)CNCC(=O)O.O=C(O)CNCC(=O)O.O=CO.c1ccncc1. The van der Waals surface area contributed by atoms with Gasteiger partial charge >= 0.3 is 53.7 Å². The van der Waals surface area contributed by atoms with Gasteiger partial charge in [0.2, 0.25) is 0 Å². The monoisotopic (exact) mass is 988 g/mol. The van der Waals surface area contributed by atoms with E-state index in [1.807, 2.05) is 18.2 Å². The van der Waals surface area contributed by atoms with Crippen LogP contribution in [-0.4, -0.2) is 188 Å². The lowest BCUT2D eigenvalue weighted by Crippen LogP contribution is -2.32. The number of imidazole rings is 2. The Morgan fingerprint density at radius 3 is 1.06 bits per heavy atom. The normalized spacial score (nSPS) is 9.68. The first-order valence-electron chi connectivity index (χ1n) is 18.4. The number of carboxylic acid groups (broad SMARTS) is 10. The predicted octanol–water partition coefficient (Wildman–Crippen LogP) is -3.97. The molecule has 32 nitrogen and oxygen atoms in total. The molecule has 24 N–H and O–H groups in total. The number of pyridine rings is 1. The number of nitrogen functional groups attached to an aromatic ring is 1. The molecule has 0 saturated carbocycles. The van der Waals surface area contributed by atoms with E-state index >= 15 is 0 Å². The molecular formula is C37H56N12O20. The third-order valence-electron chi connectivity index (χ3n) is 5.81. The van der Waals surface area contributed by atoms with Crippen LogP contribution in [-0.2, 0) is 56.0 Å². The van der Waals surface area contributed by atoms with Gasteiger partial charge in [-0.3, -0.25) is 58.8 Å². The molecule has 0 saturated heterocycles. The fourth-order valence-corrected chi connectivity index (χ4v) is 2.99. The number of aromatic nitrogens is 5. The maximum atomic E-state index is 10.3. The molecule has 0 fully saturated rings. The van der Waals surface area contributed by atoms with Gasteiger partial charge in [-0.05, 0) is 24.3 Å². The van der Waals surface area contributed by atoms with Gasteiger partial charge in [-0.1, -0.05) is 18.2 Å². The number of nitrogens with two attached hydrogens (primary N) is 5. The van der Waals surface area contributed by atoms with Crippen LogP contribution in [0.3, 0.4) is 0 Å². The highest BCUT2D eigenvalue weighted by Gasteiger charge is 2.13. The van der Waals surface area contributed by atoms with Gasteiger partial charge in [-0.25, -0.2) is 14.8 Å². The van der Waals surface area contributed by atoms with Crippen LogP contribution < -0.4 is 39.3 Å². The van der Waals surface area contributed by atoms with E-state index in [0.29, 0.717) is 17.1 Å². The van der Waals surface area contributed by atoms with Crippen molar-refractivity contribution >= 4 is 65.9 Å². The summed E-state index contributed by atoms with van der Waals surface area (Å²) in [5, 5.41) is 83.7. The van der Waals surface area contributed by atoms with Crippen LogP contribution in [0.2, 0.25) is 0 Å². The van der Waals surface area contributed by atoms with Crippen LogP contribution in [0.4, 0.5) is 5.69 Å². The van der Waals surface area contributed by atoms with Crippen molar-refractivity contribution in [3.8, 4) is 0 Å². The van der Waals surface area contributed by atoms with Crippen molar-refractivity contribution in [1.82, 2.24) is 35.6 Å². The third-order valence-corrected chi connectivity index (χ3v) is 5.81. The molecule has 0 bridgehead atoms. The summed E-state index contributed by atoms with van der Waals surface area (Å²) in [5.41, 5.74) is 26.8. The molecule has 0 aliphatic rings. The number of carboxylic acids is 9. The summed E-state index contributed by atoms with van der Waals surface area (Å²) in [4.78, 5) is 114. The molecule has 384 valence electrons. The predicted molar refractivity (Wildman–Crippen MR) is 236 cm³/mol. The number of aliphatic carboxylic acids is 8. The molecule has 2 atom stereocenters. The van der Waals surface area contributed by atoms with Crippen LogP contribution in [0.1, 0.15) is 21.7 Å². The zero-order chi connectivity index (χ0) is 54.2. The van der Waals surface area contributed by atoms with E-state index in [4.69, 9.17) is 73.1 Å². The molecule has 2 unspecified atom stereocenters. The Morgan fingerprint density at radius 2 is 0.884 bits per heavy atom. The topological polar surface area (TPSA) is 597 Å². The molecule has 4 aromatic rings. The van der Waals surface area contributed by atoms with Crippen molar-refractivity contribution in [2.45, 2.75) is 24.9 Å². The number of nitrogens with one attached hydrogen (secondary N) is 4. The van der Waals surface area contributed by atoms with Crippen molar-refractivity contribution < 1.29 is 99.0 Å². The molecule has 0 aliphatic carbocycles. The van der Waals surface area contributed by atoms with E-state index in [-0.39, 0.29) is 64.1 Å². The van der Waals surface area contributed by atoms with Gasteiger partial charge in [0.25, 0.3) is 6.47 Å². The molecule has 1 aromatic carbocycles. The summed E-state index contributed by atoms with van der Waals surface area (Å²) in [7, 11) is 0. The Kier molecular flexibility index (Phi) is 47.1. The lowest BCUT2D eigenvalue weighted by Gasteiger charge is -2.01. The summed E-state index contributed by atoms with van der Waals surface area (Å²) >= 11 is 0. The van der Waals surface area contributed by atoms with Crippen molar-refractivity contribution in [2.75, 3.05) is 45.0 Å². The van der Waals surface area contributed by atoms with Crippen LogP contribution in [0.15, 0.2) is 79.9 Å². The number of nitrogens with zero attached hydrogens (tertiary/aromatic N) is 3. The smallest absolute Gasteiger partial charge is 0.337 e. The molecular weight excluding hydrogens is 932 g/mol. The molecule has 0 aliphatic heterocycles. The highest BCUT2D eigenvalue weighted by atomic mass is 16.4. The average Bonchev–Trinajstić information content (AvgIpc) is 4.01. The summed E-state index contributed by atoms with van der Waals surface area (Å²) in [6.45, 7) is -2.06. The second kappa shape index (κ2) is 47.0. The summed E-state index contributed by atoms with van der Waals surface area (Å²) in [5.74, 6) is -9.17. The number of para-hydroxylation sites is 1. The van der Waals surface area contributed by atoms with E-state index in [0.717, 1.165) is 0 Å². The van der Waals surface area contributed by atoms with Gasteiger partial charge in [-0.15, -0.1) is 0 Å². The van der Waals surface area contributed by atoms with Gasteiger partial charge in [-0.2, -0.15) is 0 Å². The quantitative estimate of drug-likeness (QED) is 0.0354. The van der Waals surface area contributed by atoms with E-state index in [9.17, 15) is 43.2 Å². The molecule has 3 heterocycles. The number of hydrogen-bond donors (Lipinski definition) is 19. The molecule has 0 spiro atoms. The lowest BCUT2D eigenvalue weighted by atomic mass is 10.2. The number of aromatic carboxylic acids is 1. The molecule has 69 heavy (non-hydrogen) atoms. The van der Waals surface area contributed by atoms with E-state index in [1.165, 1.54) is 18.7 Å². The first-order valence-corrected chi connectivity index (χ1v) is 18.4. The van der Waals surface area contributed by atoms with Crippen LogP contribution in [0, 0.1) is 0 Å². The van der Waals surface area contributed by atoms with Crippen LogP contribution in [0.5, 0.6) is 0 Å². The minimum Gasteiger partial charge on any atom is -0.483 e. The lowest BCUT2D eigenvalue weighted by molar-refractivity contribution is -0.139. The zero-order valence-electron chi connectivity index (χ0n) is 36.2. The fraction of sp³-hybridized carbons (Fsp3) is 0.270. The van der Waals surface area contributed by atoms with E-state index in [2.05, 4.69) is 47.0 Å². The van der Waals surface area contributed by atoms with E-state index < -0.39 is 65.8 Å². The van der Waals surface area contributed by atoms with Crippen molar-refractivity contribution in [1.29, 1.82) is 0 Å². The number of carbonyl (C=O) groups is 10. The minimum atomic E-state index is -1.06. The number of rotatable bonds is 17. The van der Waals surface area contributed by atoms with Crippen LogP contribution >= 0.6 is 0 Å². The van der Waals surface area contributed by atoms with Crippen molar-refractivity contribution in [2.24, 2.45) is 22.9 Å². The second-order valence-corrected chi connectivity index (χ2v) is 11.4. The van der Waals surface area contributed by atoms with Crippen LogP contribution in [0.25, 0.3) is 0 Å². The van der Waals surface area contributed by atoms with Crippen molar-refractivity contribution in [3.63, 3.8) is 0 Å². The number of anilines is 1. The molecule has 0 radical (unpaired) electrons. The fourth-order valence-electron chi connectivity index (χ4n) is 2.99. The number of aromatic amines is 2. The van der Waals surface area contributed by atoms with Gasteiger partial charge in [0, 0.05) is 43.3 Å². The van der Waals surface area contributed by atoms with Gasteiger partial charge in [0.1, 0.15) is 12.1 Å². The first-order chi connectivity index (χ1) is 32.3. The highest BCUT2D eigenvalue weighted by Crippen LogP contribution is 2.09. The molecule has 4 rings (SSSR count).